The number of hydrogen-bond acceptors (Lipinski definition) is 2. The highest BCUT2D eigenvalue weighted by Crippen LogP contribution is 2.19. The van der Waals surface area contributed by atoms with Crippen molar-refractivity contribution in [1.29, 1.82) is 0 Å². The van der Waals surface area contributed by atoms with Crippen LogP contribution < -0.4 is 5.56 Å². The number of aromatic nitrogens is 2. The quantitative estimate of drug-likeness (QED) is 0.767. The Morgan fingerprint density at radius 2 is 2.23 bits per heavy atom. The summed E-state index contributed by atoms with van der Waals surface area (Å²) < 4.78 is 13.3. The average Bonchev–Trinajstić information content (AvgIpc) is 2.08. The lowest BCUT2D eigenvalue weighted by atomic mass is 10.3. The van der Waals surface area contributed by atoms with Crippen LogP contribution in [0, 0.1) is 5.82 Å². The summed E-state index contributed by atoms with van der Waals surface area (Å²) in [6, 6.07) is 2.74. The minimum atomic E-state index is -0.420. The summed E-state index contributed by atoms with van der Waals surface area (Å²) >= 11 is 3.03. The van der Waals surface area contributed by atoms with E-state index in [1.807, 2.05) is 0 Å². The van der Waals surface area contributed by atoms with Crippen LogP contribution in [-0.4, -0.2) is 9.97 Å². The van der Waals surface area contributed by atoms with Gasteiger partial charge in [-0.25, -0.2) is 9.37 Å². The fourth-order valence-electron chi connectivity index (χ4n) is 1.04. The summed E-state index contributed by atoms with van der Waals surface area (Å²) in [5, 5.41) is 0. The zero-order valence-electron chi connectivity index (χ0n) is 6.34. The molecular weight excluding hydrogens is 239 g/mol. The summed E-state index contributed by atoms with van der Waals surface area (Å²) in [5.41, 5.74) is 0.607. The summed E-state index contributed by atoms with van der Waals surface area (Å²) in [4.78, 5) is 17.1. The van der Waals surface area contributed by atoms with Crippen molar-refractivity contribution in [2.24, 2.45) is 0 Å². The molecule has 0 spiro atoms. The zero-order chi connectivity index (χ0) is 9.42. The van der Waals surface area contributed by atoms with E-state index in [0.717, 1.165) is 6.20 Å². The van der Waals surface area contributed by atoms with Crippen LogP contribution in [0.4, 0.5) is 4.39 Å². The number of nitrogens with zero attached hydrogens (tertiary/aromatic N) is 1. The van der Waals surface area contributed by atoms with E-state index < -0.39 is 5.82 Å². The van der Waals surface area contributed by atoms with Crippen LogP contribution in [0.1, 0.15) is 0 Å². The van der Waals surface area contributed by atoms with Crippen molar-refractivity contribution in [3.05, 3.63) is 39.0 Å². The van der Waals surface area contributed by atoms with Gasteiger partial charge in [0.15, 0.2) is 0 Å². The molecule has 1 aromatic heterocycles. The lowest BCUT2D eigenvalue weighted by molar-refractivity contribution is 0.622. The van der Waals surface area contributed by atoms with Crippen LogP contribution in [0.5, 0.6) is 0 Å². The minimum Gasteiger partial charge on any atom is -0.319 e. The largest absolute Gasteiger partial charge is 0.319 e. The molecule has 0 aliphatic rings. The number of rotatable bonds is 0. The molecule has 0 radical (unpaired) electrons. The first-order chi connectivity index (χ1) is 6.16. The van der Waals surface area contributed by atoms with Crippen molar-refractivity contribution in [2.75, 3.05) is 0 Å². The molecule has 2 rings (SSSR count). The summed E-state index contributed by atoms with van der Waals surface area (Å²) in [7, 11) is 0. The molecule has 0 saturated carbocycles. The van der Waals surface area contributed by atoms with E-state index in [0.29, 0.717) is 15.5 Å². The second-order valence-corrected chi connectivity index (χ2v) is 3.39. The van der Waals surface area contributed by atoms with Crippen LogP contribution in [0.15, 0.2) is 27.6 Å². The molecule has 3 nitrogen and oxygen atoms in total. The van der Waals surface area contributed by atoms with Crippen molar-refractivity contribution in [2.45, 2.75) is 0 Å². The summed E-state index contributed by atoms with van der Waals surface area (Å²) in [6.45, 7) is 0. The van der Waals surface area contributed by atoms with Gasteiger partial charge in [0.25, 0.3) is 5.56 Å². The Hall–Kier alpha value is -1.23. The predicted octanol–water partition coefficient (Wildman–Crippen LogP) is 1.82. The molecule has 0 aliphatic carbocycles. The molecule has 0 bridgehead atoms. The van der Waals surface area contributed by atoms with Crippen molar-refractivity contribution < 1.29 is 4.39 Å². The molecule has 1 aromatic carbocycles. The van der Waals surface area contributed by atoms with E-state index in [1.165, 1.54) is 12.1 Å². The predicted molar refractivity (Wildman–Crippen MR) is 50.0 cm³/mol. The average molecular weight is 243 g/mol. The Bertz CT molecular complexity index is 523. The molecular formula is C8H4BrFN2O. The lowest BCUT2D eigenvalue weighted by Crippen LogP contribution is -2.04. The molecule has 0 saturated heterocycles. The van der Waals surface area contributed by atoms with Crippen LogP contribution in [0.3, 0.4) is 0 Å². The van der Waals surface area contributed by atoms with E-state index in [2.05, 4.69) is 25.9 Å². The van der Waals surface area contributed by atoms with Crippen LogP contribution in [-0.2, 0) is 0 Å². The number of halogens is 2. The first-order valence-corrected chi connectivity index (χ1v) is 4.30. The van der Waals surface area contributed by atoms with Gasteiger partial charge < -0.3 is 4.98 Å². The molecule has 13 heavy (non-hydrogen) atoms. The molecule has 0 unspecified atom stereocenters. The Kier molecular flexibility index (Phi) is 1.88. The van der Waals surface area contributed by atoms with E-state index in [-0.39, 0.29) is 5.56 Å². The third-order valence-corrected chi connectivity index (χ3v) is 2.23. The maximum absolute atomic E-state index is 13.0. The van der Waals surface area contributed by atoms with Crippen LogP contribution in [0.2, 0.25) is 0 Å². The SMILES string of the molecule is O=c1cnc2cc(Br)c(F)cc2[nH]1. The minimum absolute atomic E-state index is 0.333. The second-order valence-electron chi connectivity index (χ2n) is 2.53. The maximum Gasteiger partial charge on any atom is 0.266 e. The van der Waals surface area contributed by atoms with Gasteiger partial charge in [-0.1, -0.05) is 0 Å². The fourth-order valence-corrected chi connectivity index (χ4v) is 1.37. The van der Waals surface area contributed by atoms with Gasteiger partial charge in [-0.05, 0) is 22.0 Å². The number of aromatic amines is 1. The fraction of sp³-hybridized carbons (Fsp3) is 0. The number of fused-ring (bicyclic) bond motifs is 1. The second kappa shape index (κ2) is 2.92. The highest BCUT2D eigenvalue weighted by Gasteiger charge is 2.02. The normalized spacial score (nSPS) is 10.6. The van der Waals surface area contributed by atoms with Gasteiger partial charge in [-0.15, -0.1) is 0 Å². The topological polar surface area (TPSA) is 45.8 Å². The molecule has 2 aromatic rings. The van der Waals surface area contributed by atoms with Gasteiger partial charge in [0, 0.05) is 6.07 Å². The van der Waals surface area contributed by atoms with Crippen LogP contribution in [0.25, 0.3) is 11.0 Å². The molecule has 0 atom stereocenters. The molecule has 1 N–H and O–H groups in total. The number of hydrogen-bond donors (Lipinski definition) is 1. The lowest BCUT2D eigenvalue weighted by Gasteiger charge is -1.97. The molecule has 0 amide bonds. The molecule has 5 heteroatoms. The standard InChI is InChI=1S/C8H4BrFN2O/c9-4-1-6-7(2-5(4)10)12-8(13)3-11-6/h1-3H,(H,12,13). The van der Waals surface area contributed by atoms with Crippen LogP contribution >= 0.6 is 15.9 Å². The highest BCUT2D eigenvalue weighted by molar-refractivity contribution is 9.10. The van der Waals surface area contributed by atoms with Crippen molar-refractivity contribution >= 4 is 27.0 Å². The number of nitrogens with one attached hydrogen (secondary N) is 1. The smallest absolute Gasteiger partial charge is 0.266 e. The van der Waals surface area contributed by atoms with Gasteiger partial charge >= 0.3 is 0 Å². The van der Waals surface area contributed by atoms with Gasteiger partial charge in [-0.3, -0.25) is 4.79 Å². The van der Waals surface area contributed by atoms with E-state index in [1.54, 1.807) is 0 Å². The molecule has 0 aliphatic heterocycles. The monoisotopic (exact) mass is 242 g/mol. The zero-order valence-corrected chi connectivity index (χ0v) is 7.93. The maximum atomic E-state index is 13.0. The number of benzene rings is 1. The van der Waals surface area contributed by atoms with Crippen molar-refractivity contribution in [1.82, 2.24) is 9.97 Å². The first-order valence-electron chi connectivity index (χ1n) is 3.51. The van der Waals surface area contributed by atoms with Crippen molar-refractivity contribution in [3.8, 4) is 0 Å². The third-order valence-electron chi connectivity index (χ3n) is 1.62. The van der Waals surface area contributed by atoms with Gasteiger partial charge in [0.05, 0.1) is 21.7 Å². The van der Waals surface area contributed by atoms with Crippen molar-refractivity contribution in [3.63, 3.8) is 0 Å². The highest BCUT2D eigenvalue weighted by atomic mass is 79.9. The Labute approximate surface area is 80.7 Å². The van der Waals surface area contributed by atoms with E-state index in [9.17, 15) is 9.18 Å². The molecule has 0 fully saturated rings. The first kappa shape index (κ1) is 8.37. The summed E-state index contributed by atoms with van der Waals surface area (Å²) in [6.07, 6.45) is 1.16. The Balaban J connectivity index is 2.89. The van der Waals surface area contributed by atoms with E-state index >= 15 is 0 Å². The summed E-state index contributed by atoms with van der Waals surface area (Å²) in [5.74, 6) is -0.420. The Morgan fingerprint density at radius 1 is 1.46 bits per heavy atom. The van der Waals surface area contributed by atoms with Gasteiger partial charge in [-0.2, -0.15) is 0 Å². The Morgan fingerprint density at radius 3 is 3.00 bits per heavy atom. The van der Waals surface area contributed by atoms with Gasteiger partial charge in [0.1, 0.15) is 5.82 Å². The third kappa shape index (κ3) is 1.47. The van der Waals surface area contributed by atoms with E-state index in [4.69, 9.17) is 0 Å². The number of H-pyrrole nitrogens is 1. The molecule has 66 valence electrons. The molecule has 1 heterocycles. The van der Waals surface area contributed by atoms with Gasteiger partial charge in [0.2, 0.25) is 0 Å².